The molecule has 0 radical (unpaired) electrons. The molecule has 1 aliphatic heterocycles. The molecule has 34 heavy (non-hydrogen) atoms. The van der Waals surface area contributed by atoms with E-state index in [4.69, 9.17) is 9.47 Å². The number of anilines is 4. The SMILES string of the molecule is C=CCOc1ccc(N(c2ccc(OCC=C)cc2)c2ccc(N3C(=O)C=CC3=O)cc2)cc1. The van der Waals surface area contributed by atoms with Gasteiger partial charge in [-0.2, -0.15) is 0 Å². The third-order valence-electron chi connectivity index (χ3n) is 5.10. The normalized spacial score (nSPS) is 12.5. The first kappa shape index (κ1) is 22.6. The van der Waals surface area contributed by atoms with Gasteiger partial charge in [0.1, 0.15) is 24.7 Å². The van der Waals surface area contributed by atoms with Gasteiger partial charge in [-0.05, 0) is 72.8 Å². The molecule has 0 N–H and O–H groups in total. The highest BCUT2D eigenvalue weighted by Crippen LogP contribution is 2.37. The zero-order chi connectivity index (χ0) is 23.9. The van der Waals surface area contributed by atoms with Crippen LogP contribution in [0.2, 0.25) is 0 Å². The predicted octanol–water partition coefficient (Wildman–Crippen LogP) is 5.72. The number of carbonyl (C=O) groups is 2. The number of benzene rings is 3. The van der Waals surface area contributed by atoms with Gasteiger partial charge in [0.15, 0.2) is 0 Å². The van der Waals surface area contributed by atoms with Crippen molar-refractivity contribution in [2.45, 2.75) is 0 Å². The van der Waals surface area contributed by atoms with Crippen molar-refractivity contribution in [2.75, 3.05) is 23.0 Å². The largest absolute Gasteiger partial charge is 0.490 e. The van der Waals surface area contributed by atoms with E-state index >= 15 is 0 Å². The summed E-state index contributed by atoms with van der Waals surface area (Å²) in [6, 6.07) is 22.7. The number of ether oxygens (including phenoxy) is 2. The average molecular weight is 453 g/mol. The zero-order valence-corrected chi connectivity index (χ0v) is 18.6. The van der Waals surface area contributed by atoms with Gasteiger partial charge >= 0.3 is 0 Å². The number of amides is 2. The summed E-state index contributed by atoms with van der Waals surface area (Å²) in [6.45, 7) is 8.21. The van der Waals surface area contributed by atoms with Gasteiger partial charge in [0.05, 0.1) is 5.69 Å². The number of carbonyl (C=O) groups excluding carboxylic acids is 2. The van der Waals surface area contributed by atoms with Crippen LogP contribution in [-0.4, -0.2) is 25.0 Å². The van der Waals surface area contributed by atoms with Gasteiger partial charge in [0, 0.05) is 29.2 Å². The summed E-state index contributed by atoms with van der Waals surface area (Å²) in [6.07, 6.45) is 5.94. The average Bonchev–Trinajstić information content (AvgIpc) is 3.21. The Morgan fingerprint density at radius 1 is 0.647 bits per heavy atom. The van der Waals surface area contributed by atoms with Crippen LogP contribution in [0, 0.1) is 0 Å². The summed E-state index contributed by atoms with van der Waals surface area (Å²) in [5.74, 6) is 0.788. The van der Waals surface area contributed by atoms with Crippen molar-refractivity contribution in [3.8, 4) is 11.5 Å². The number of nitrogens with zero attached hydrogens (tertiary/aromatic N) is 2. The first-order valence-electron chi connectivity index (χ1n) is 10.7. The molecule has 0 spiro atoms. The first-order valence-corrected chi connectivity index (χ1v) is 10.7. The summed E-state index contributed by atoms with van der Waals surface area (Å²) in [5.41, 5.74) is 3.20. The number of rotatable bonds is 10. The number of imide groups is 1. The van der Waals surface area contributed by atoms with E-state index < -0.39 is 0 Å². The van der Waals surface area contributed by atoms with Gasteiger partial charge in [-0.15, -0.1) is 0 Å². The third-order valence-corrected chi connectivity index (χ3v) is 5.10. The van der Waals surface area contributed by atoms with Gasteiger partial charge in [-0.1, -0.05) is 25.3 Å². The van der Waals surface area contributed by atoms with E-state index in [0.29, 0.717) is 18.9 Å². The predicted molar refractivity (Wildman–Crippen MR) is 134 cm³/mol. The van der Waals surface area contributed by atoms with Crippen LogP contribution in [0.1, 0.15) is 0 Å². The molecule has 1 aliphatic rings. The minimum absolute atomic E-state index is 0.347. The Labute approximate surface area is 198 Å². The minimum Gasteiger partial charge on any atom is -0.490 e. The molecule has 0 atom stereocenters. The molecular weight excluding hydrogens is 428 g/mol. The van der Waals surface area contributed by atoms with Crippen LogP contribution >= 0.6 is 0 Å². The molecular formula is C28H24N2O4. The van der Waals surface area contributed by atoms with E-state index in [1.165, 1.54) is 12.2 Å². The fourth-order valence-electron chi connectivity index (χ4n) is 3.55. The minimum atomic E-state index is -0.347. The summed E-state index contributed by atoms with van der Waals surface area (Å²) in [5, 5.41) is 0. The second-order valence-corrected chi connectivity index (χ2v) is 7.38. The van der Waals surface area contributed by atoms with E-state index in [9.17, 15) is 9.59 Å². The first-order chi connectivity index (χ1) is 16.6. The van der Waals surface area contributed by atoms with Gasteiger partial charge in [-0.3, -0.25) is 9.59 Å². The molecule has 0 aliphatic carbocycles. The molecule has 170 valence electrons. The maximum Gasteiger partial charge on any atom is 0.258 e. The molecule has 1 heterocycles. The summed E-state index contributed by atoms with van der Waals surface area (Å²) in [4.78, 5) is 27.3. The Bertz CT molecular complexity index is 1140. The highest BCUT2D eigenvalue weighted by Gasteiger charge is 2.25. The van der Waals surface area contributed by atoms with Crippen molar-refractivity contribution < 1.29 is 19.1 Å². The molecule has 6 heteroatoms. The van der Waals surface area contributed by atoms with Crippen LogP contribution in [0.4, 0.5) is 22.7 Å². The van der Waals surface area contributed by atoms with Gasteiger partial charge < -0.3 is 14.4 Å². The second kappa shape index (κ2) is 10.4. The molecule has 6 nitrogen and oxygen atoms in total. The van der Waals surface area contributed by atoms with Gasteiger partial charge in [0.25, 0.3) is 11.8 Å². The van der Waals surface area contributed by atoms with E-state index in [-0.39, 0.29) is 11.8 Å². The maximum atomic E-state index is 12.0. The lowest BCUT2D eigenvalue weighted by Crippen LogP contribution is -2.29. The van der Waals surface area contributed by atoms with Crippen LogP contribution in [0.15, 0.2) is 110 Å². The molecule has 0 aromatic heterocycles. The highest BCUT2D eigenvalue weighted by molar-refractivity contribution is 6.28. The monoisotopic (exact) mass is 452 g/mol. The van der Waals surface area contributed by atoms with E-state index in [2.05, 4.69) is 18.1 Å². The molecule has 0 saturated carbocycles. The molecule has 0 bridgehead atoms. The van der Waals surface area contributed by atoms with Gasteiger partial charge in [-0.25, -0.2) is 4.90 Å². The van der Waals surface area contributed by atoms with E-state index in [1.54, 1.807) is 24.3 Å². The third kappa shape index (κ3) is 4.91. The molecule has 4 rings (SSSR count). The number of hydrogen-bond acceptors (Lipinski definition) is 5. The standard InChI is InChI=1S/C28H24N2O4/c1-3-19-33-25-13-9-22(10-14-25)29(23-11-15-26(16-12-23)34-20-4-2)21-5-7-24(8-6-21)30-27(31)17-18-28(30)32/h3-18H,1-2,19-20H2. The van der Waals surface area contributed by atoms with E-state index in [0.717, 1.165) is 33.5 Å². The molecule has 0 unspecified atom stereocenters. The Balaban J connectivity index is 1.67. The zero-order valence-electron chi connectivity index (χ0n) is 18.6. The highest BCUT2D eigenvalue weighted by atomic mass is 16.5. The maximum absolute atomic E-state index is 12.0. The summed E-state index contributed by atoms with van der Waals surface area (Å²) in [7, 11) is 0. The van der Waals surface area contributed by atoms with Crippen LogP contribution in [0.3, 0.4) is 0 Å². The van der Waals surface area contributed by atoms with Crippen LogP contribution < -0.4 is 19.3 Å². The van der Waals surface area contributed by atoms with Crippen molar-refractivity contribution in [1.29, 1.82) is 0 Å². The van der Waals surface area contributed by atoms with Crippen LogP contribution in [0.25, 0.3) is 0 Å². The molecule has 3 aromatic carbocycles. The summed E-state index contributed by atoms with van der Waals surface area (Å²) >= 11 is 0. The number of hydrogen-bond donors (Lipinski definition) is 0. The Morgan fingerprint density at radius 3 is 1.41 bits per heavy atom. The van der Waals surface area contributed by atoms with Crippen molar-refractivity contribution >= 4 is 34.6 Å². The fourth-order valence-corrected chi connectivity index (χ4v) is 3.55. The molecule has 3 aromatic rings. The lowest BCUT2D eigenvalue weighted by Gasteiger charge is -2.26. The van der Waals surface area contributed by atoms with Crippen LogP contribution in [0.5, 0.6) is 11.5 Å². The van der Waals surface area contributed by atoms with Crippen molar-refractivity contribution in [2.24, 2.45) is 0 Å². The van der Waals surface area contributed by atoms with Crippen molar-refractivity contribution in [3.05, 3.63) is 110 Å². The summed E-state index contributed by atoms with van der Waals surface area (Å²) < 4.78 is 11.2. The second-order valence-electron chi connectivity index (χ2n) is 7.38. The smallest absolute Gasteiger partial charge is 0.258 e. The lowest BCUT2D eigenvalue weighted by molar-refractivity contribution is -0.119. The van der Waals surface area contributed by atoms with Gasteiger partial charge in [0.2, 0.25) is 0 Å². The molecule has 0 fully saturated rings. The van der Waals surface area contributed by atoms with Crippen molar-refractivity contribution in [3.63, 3.8) is 0 Å². The van der Waals surface area contributed by atoms with Crippen molar-refractivity contribution in [1.82, 2.24) is 0 Å². The Morgan fingerprint density at radius 2 is 1.03 bits per heavy atom. The Kier molecular flexibility index (Phi) is 6.89. The van der Waals surface area contributed by atoms with Crippen LogP contribution in [-0.2, 0) is 9.59 Å². The fraction of sp³-hybridized carbons (Fsp3) is 0.0714. The quantitative estimate of drug-likeness (QED) is 0.291. The molecule has 2 amide bonds. The topological polar surface area (TPSA) is 59.1 Å². The molecule has 0 saturated heterocycles. The lowest BCUT2D eigenvalue weighted by atomic mass is 10.1. The Hall–Kier alpha value is -4.58. The van der Waals surface area contributed by atoms with E-state index in [1.807, 2.05) is 60.7 Å².